The summed E-state index contributed by atoms with van der Waals surface area (Å²) < 4.78 is 1.86. The molecule has 0 spiro atoms. The molecule has 0 unspecified atom stereocenters. The first-order valence-electron chi connectivity index (χ1n) is 6.00. The van der Waals surface area contributed by atoms with Gasteiger partial charge < -0.3 is 10.6 Å². The molecule has 17 heavy (non-hydrogen) atoms. The predicted molar refractivity (Wildman–Crippen MR) is 76.6 cm³/mol. The maximum absolute atomic E-state index is 5.80. The van der Waals surface area contributed by atoms with E-state index < -0.39 is 0 Å². The standard InChI is InChI=1S/C12H22N4S/c1-6-9(7-2)15(4)12-10(11(13)17)8(3)14-16(12)5/h9H,6-7H2,1-5H3,(H2,13,17). The SMILES string of the molecule is CCC(CC)N(C)c1c(C(N)=S)c(C)nn1C. The van der Waals surface area contributed by atoms with Gasteiger partial charge in [-0.25, -0.2) is 0 Å². The Labute approximate surface area is 109 Å². The molecule has 1 heterocycles. The molecule has 0 radical (unpaired) electrons. The lowest BCUT2D eigenvalue weighted by Gasteiger charge is -2.29. The van der Waals surface area contributed by atoms with E-state index in [9.17, 15) is 0 Å². The van der Waals surface area contributed by atoms with Gasteiger partial charge in [0.05, 0.1) is 11.3 Å². The second-order valence-corrected chi connectivity index (χ2v) is 4.79. The largest absolute Gasteiger partial charge is 0.389 e. The molecular formula is C12H22N4S. The minimum Gasteiger partial charge on any atom is -0.389 e. The summed E-state index contributed by atoms with van der Waals surface area (Å²) in [5.74, 6) is 1.02. The molecule has 2 N–H and O–H groups in total. The summed E-state index contributed by atoms with van der Waals surface area (Å²) in [7, 11) is 4.01. The van der Waals surface area contributed by atoms with Crippen LogP contribution in [-0.2, 0) is 7.05 Å². The third kappa shape index (κ3) is 2.60. The van der Waals surface area contributed by atoms with E-state index in [1.54, 1.807) is 0 Å². The van der Waals surface area contributed by atoms with Gasteiger partial charge in [-0.15, -0.1) is 0 Å². The number of thiocarbonyl (C=S) groups is 1. The summed E-state index contributed by atoms with van der Waals surface area (Å²) in [6, 6.07) is 0.484. The zero-order valence-corrected chi connectivity index (χ0v) is 12.1. The van der Waals surface area contributed by atoms with Crippen molar-refractivity contribution < 1.29 is 0 Å². The first kappa shape index (κ1) is 14.0. The number of nitrogens with zero attached hydrogens (tertiary/aromatic N) is 3. The molecule has 0 amide bonds. The van der Waals surface area contributed by atoms with Gasteiger partial charge in [0.1, 0.15) is 10.8 Å². The van der Waals surface area contributed by atoms with Crippen molar-refractivity contribution in [3.8, 4) is 0 Å². The van der Waals surface area contributed by atoms with Crippen molar-refractivity contribution >= 4 is 23.0 Å². The summed E-state index contributed by atoms with van der Waals surface area (Å²) in [5, 5.41) is 4.41. The molecule has 0 aliphatic heterocycles. The number of hydrogen-bond acceptors (Lipinski definition) is 3. The van der Waals surface area contributed by atoms with Crippen LogP contribution in [0.25, 0.3) is 0 Å². The van der Waals surface area contributed by atoms with Crippen LogP contribution in [0.15, 0.2) is 0 Å². The Morgan fingerprint density at radius 2 is 2.00 bits per heavy atom. The van der Waals surface area contributed by atoms with Crippen LogP contribution in [-0.4, -0.2) is 27.9 Å². The molecule has 1 aromatic rings. The molecule has 4 nitrogen and oxygen atoms in total. The van der Waals surface area contributed by atoms with Gasteiger partial charge in [0.2, 0.25) is 0 Å². The fourth-order valence-corrected chi connectivity index (χ4v) is 2.59. The minimum absolute atomic E-state index is 0.420. The van der Waals surface area contributed by atoms with E-state index in [0.29, 0.717) is 11.0 Å². The number of aromatic nitrogens is 2. The van der Waals surface area contributed by atoms with E-state index in [0.717, 1.165) is 29.9 Å². The number of aryl methyl sites for hydroxylation is 2. The van der Waals surface area contributed by atoms with Crippen LogP contribution in [0.5, 0.6) is 0 Å². The highest BCUT2D eigenvalue weighted by Crippen LogP contribution is 2.25. The number of nitrogens with two attached hydrogens (primary N) is 1. The van der Waals surface area contributed by atoms with Crippen LogP contribution in [0.1, 0.15) is 37.9 Å². The number of anilines is 1. The van der Waals surface area contributed by atoms with Gasteiger partial charge >= 0.3 is 0 Å². The smallest absolute Gasteiger partial charge is 0.137 e. The fourth-order valence-electron chi connectivity index (χ4n) is 2.35. The monoisotopic (exact) mass is 254 g/mol. The first-order chi connectivity index (χ1) is 7.93. The van der Waals surface area contributed by atoms with E-state index in [4.69, 9.17) is 18.0 Å². The average molecular weight is 254 g/mol. The molecule has 0 fully saturated rings. The molecule has 1 rings (SSSR count). The Morgan fingerprint density at radius 1 is 1.47 bits per heavy atom. The number of rotatable bonds is 5. The zero-order valence-electron chi connectivity index (χ0n) is 11.3. The topological polar surface area (TPSA) is 47.1 Å². The van der Waals surface area contributed by atoms with E-state index in [1.165, 1.54) is 0 Å². The van der Waals surface area contributed by atoms with Gasteiger partial charge in [-0.05, 0) is 19.8 Å². The summed E-state index contributed by atoms with van der Waals surface area (Å²) in [6.45, 7) is 6.32. The maximum atomic E-state index is 5.80. The molecule has 0 saturated heterocycles. The van der Waals surface area contributed by atoms with E-state index in [-0.39, 0.29) is 0 Å². The predicted octanol–water partition coefficient (Wildman–Crippen LogP) is 1.99. The van der Waals surface area contributed by atoms with Crippen LogP contribution in [0, 0.1) is 6.92 Å². The van der Waals surface area contributed by atoms with Crippen molar-refractivity contribution in [2.24, 2.45) is 12.8 Å². The third-order valence-electron chi connectivity index (χ3n) is 3.26. The van der Waals surface area contributed by atoms with E-state index in [1.807, 2.05) is 18.7 Å². The van der Waals surface area contributed by atoms with Crippen LogP contribution in [0.2, 0.25) is 0 Å². The van der Waals surface area contributed by atoms with Crippen LogP contribution < -0.4 is 10.6 Å². The van der Waals surface area contributed by atoms with Crippen molar-refractivity contribution in [2.75, 3.05) is 11.9 Å². The second-order valence-electron chi connectivity index (χ2n) is 4.35. The Bertz CT molecular complexity index is 407. The first-order valence-corrected chi connectivity index (χ1v) is 6.41. The van der Waals surface area contributed by atoms with Crippen molar-refractivity contribution in [1.29, 1.82) is 0 Å². The Balaban J connectivity index is 3.25. The lowest BCUT2D eigenvalue weighted by Crippen LogP contribution is -2.33. The number of hydrogen-bond donors (Lipinski definition) is 1. The van der Waals surface area contributed by atoms with Crippen molar-refractivity contribution in [3.05, 3.63) is 11.3 Å². The summed E-state index contributed by atoms with van der Waals surface area (Å²) in [4.78, 5) is 2.65. The maximum Gasteiger partial charge on any atom is 0.137 e. The summed E-state index contributed by atoms with van der Waals surface area (Å²) in [6.07, 6.45) is 2.18. The molecule has 0 atom stereocenters. The molecule has 5 heteroatoms. The van der Waals surface area contributed by atoms with Crippen molar-refractivity contribution in [3.63, 3.8) is 0 Å². The van der Waals surface area contributed by atoms with Gasteiger partial charge in [-0.3, -0.25) is 4.68 Å². The van der Waals surface area contributed by atoms with Gasteiger partial charge in [-0.2, -0.15) is 5.10 Å². The van der Waals surface area contributed by atoms with Gasteiger partial charge in [0, 0.05) is 20.1 Å². The highest BCUT2D eigenvalue weighted by molar-refractivity contribution is 7.80. The summed E-state index contributed by atoms with van der Waals surface area (Å²) in [5.41, 5.74) is 7.60. The summed E-state index contributed by atoms with van der Waals surface area (Å²) >= 11 is 5.13. The van der Waals surface area contributed by atoms with Gasteiger partial charge in [-0.1, -0.05) is 26.1 Å². The fraction of sp³-hybridized carbons (Fsp3) is 0.667. The van der Waals surface area contributed by atoms with Crippen molar-refractivity contribution in [2.45, 2.75) is 39.7 Å². The minimum atomic E-state index is 0.420. The average Bonchev–Trinajstić information content (AvgIpc) is 2.55. The molecule has 1 aromatic heterocycles. The van der Waals surface area contributed by atoms with Crippen molar-refractivity contribution in [1.82, 2.24) is 9.78 Å². The lowest BCUT2D eigenvalue weighted by molar-refractivity contribution is 0.572. The van der Waals surface area contributed by atoms with Gasteiger partial charge in [0.25, 0.3) is 0 Å². The normalized spacial score (nSPS) is 10.9. The molecule has 0 bridgehead atoms. The quantitative estimate of drug-likeness (QED) is 0.816. The Morgan fingerprint density at radius 3 is 2.41 bits per heavy atom. The van der Waals surface area contributed by atoms with Crippen LogP contribution >= 0.6 is 12.2 Å². The van der Waals surface area contributed by atoms with Crippen LogP contribution in [0.3, 0.4) is 0 Å². The highest BCUT2D eigenvalue weighted by Gasteiger charge is 2.22. The lowest BCUT2D eigenvalue weighted by atomic mass is 10.1. The van der Waals surface area contributed by atoms with E-state index >= 15 is 0 Å². The third-order valence-corrected chi connectivity index (χ3v) is 3.47. The van der Waals surface area contributed by atoms with E-state index in [2.05, 4.69) is 30.9 Å². The van der Waals surface area contributed by atoms with Gasteiger partial charge in [0.15, 0.2) is 0 Å². The molecule has 0 saturated carbocycles. The second kappa shape index (κ2) is 5.49. The molecule has 0 aliphatic carbocycles. The zero-order chi connectivity index (χ0) is 13.2. The Hall–Kier alpha value is -1.10. The molecular weight excluding hydrogens is 232 g/mol. The Kier molecular flexibility index (Phi) is 4.51. The highest BCUT2D eigenvalue weighted by atomic mass is 32.1. The molecule has 96 valence electrons. The molecule has 0 aromatic carbocycles. The molecule has 0 aliphatic rings. The van der Waals surface area contributed by atoms with Crippen LogP contribution in [0.4, 0.5) is 5.82 Å².